The summed E-state index contributed by atoms with van der Waals surface area (Å²) in [5.74, 6) is 0.195. The van der Waals surface area contributed by atoms with Crippen LogP contribution in [0.25, 0.3) is 0 Å². The van der Waals surface area contributed by atoms with Gasteiger partial charge < -0.3 is 19.5 Å². The predicted octanol–water partition coefficient (Wildman–Crippen LogP) is 5.98. The number of nitro groups is 1. The molecule has 0 saturated carbocycles. The Morgan fingerprint density at radius 3 is 2.06 bits per heavy atom. The molecule has 2 amide bonds. The fourth-order valence-corrected chi connectivity index (χ4v) is 3.13. The summed E-state index contributed by atoms with van der Waals surface area (Å²) in [5, 5.41) is 14.4. The molecule has 0 atom stereocenters. The van der Waals surface area contributed by atoms with E-state index in [0.717, 1.165) is 10.5 Å². The fraction of sp³-hybridized carbons (Fsp3) is 0.480. The fourth-order valence-electron chi connectivity index (χ4n) is 3.13. The summed E-state index contributed by atoms with van der Waals surface area (Å²) in [5.41, 5.74) is 0.0762. The Bertz CT molecular complexity index is 1090. The van der Waals surface area contributed by atoms with Crippen molar-refractivity contribution in [3.8, 4) is 5.88 Å². The van der Waals surface area contributed by atoms with Crippen molar-refractivity contribution in [3.05, 3.63) is 51.6 Å². The smallest absolute Gasteiger partial charge is 0.420 e. The first-order valence-electron chi connectivity index (χ1n) is 11.4. The second kappa shape index (κ2) is 11.2. The summed E-state index contributed by atoms with van der Waals surface area (Å²) in [6.07, 6.45) is -1.08. The molecule has 1 aromatic carbocycles. The van der Waals surface area contributed by atoms with Crippen LogP contribution in [0.15, 0.2) is 30.3 Å². The summed E-state index contributed by atoms with van der Waals surface area (Å²) < 4.78 is 16.0. The van der Waals surface area contributed by atoms with E-state index < -0.39 is 28.3 Å². The van der Waals surface area contributed by atoms with Gasteiger partial charge in [-0.2, -0.15) is 4.98 Å². The van der Waals surface area contributed by atoms with Gasteiger partial charge in [-0.15, -0.1) is 0 Å². The molecular weight excluding hydrogens is 468 g/mol. The van der Waals surface area contributed by atoms with Crippen LogP contribution < -0.4 is 10.1 Å². The van der Waals surface area contributed by atoms with Crippen LogP contribution in [0.5, 0.6) is 5.88 Å². The number of methoxy groups -OCH3 is 1. The second-order valence-corrected chi connectivity index (χ2v) is 9.99. The van der Waals surface area contributed by atoms with E-state index in [2.05, 4.69) is 10.3 Å². The van der Waals surface area contributed by atoms with Crippen LogP contribution in [-0.4, -0.2) is 45.3 Å². The third-order valence-corrected chi connectivity index (χ3v) is 4.66. The molecule has 196 valence electrons. The lowest BCUT2D eigenvalue weighted by molar-refractivity contribution is -0.384. The van der Waals surface area contributed by atoms with Crippen molar-refractivity contribution >= 4 is 29.4 Å². The summed E-state index contributed by atoms with van der Waals surface area (Å²) in [6, 6.07) is 7.94. The number of ether oxygens (including phenoxy) is 3. The highest BCUT2D eigenvalue weighted by Crippen LogP contribution is 2.29. The van der Waals surface area contributed by atoms with Crippen LogP contribution >= 0.6 is 0 Å². The Balaban J connectivity index is 2.47. The van der Waals surface area contributed by atoms with Crippen molar-refractivity contribution in [2.45, 2.75) is 72.6 Å². The van der Waals surface area contributed by atoms with Crippen LogP contribution in [-0.2, 0) is 22.4 Å². The molecule has 1 N–H and O–H groups in total. The molecule has 11 nitrogen and oxygen atoms in total. The molecule has 0 fully saturated rings. The number of imide groups is 1. The van der Waals surface area contributed by atoms with Gasteiger partial charge in [-0.25, -0.2) is 14.5 Å². The standard InChI is InChI=1S/C25H34N4O7/c1-9-16-10-11-18(26-21-19(29(32)33)12-13-20(27-21)34-8)14-17(16)15-28(22(30)35-24(2,3)4)23(31)36-25(5,6)7/h10-14H,9,15H2,1-8H3,(H,26,27). The summed E-state index contributed by atoms with van der Waals surface area (Å²) in [7, 11) is 1.41. The molecule has 36 heavy (non-hydrogen) atoms. The number of hydrogen-bond acceptors (Lipinski definition) is 9. The number of hydrogen-bond donors (Lipinski definition) is 1. The van der Waals surface area contributed by atoms with Crippen LogP contribution in [0.3, 0.4) is 0 Å². The van der Waals surface area contributed by atoms with Crippen molar-refractivity contribution in [1.29, 1.82) is 0 Å². The molecule has 2 aromatic rings. The highest BCUT2D eigenvalue weighted by molar-refractivity contribution is 5.88. The molecule has 1 heterocycles. The zero-order chi connectivity index (χ0) is 27.3. The molecule has 0 spiro atoms. The second-order valence-electron chi connectivity index (χ2n) is 9.99. The van der Waals surface area contributed by atoms with Crippen LogP contribution in [0.4, 0.5) is 26.8 Å². The quantitative estimate of drug-likeness (QED) is 0.358. The monoisotopic (exact) mass is 502 g/mol. The van der Waals surface area contributed by atoms with E-state index >= 15 is 0 Å². The molecule has 0 saturated heterocycles. The first-order valence-corrected chi connectivity index (χ1v) is 11.4. The Labute approximate surface area is 210 Å². The van der Waals surface area contributed by atoms with Crippen LogP contribution in [0.1, 0.15) is 59.6 Å². The molecular formula is C25H34N4O7. The van der Waals surface area contributed by atoms with Gasteiger partial charge in [0.05, 0.1) is 18.6 Å². The van der Waals surface area contributed by atoms with Gasteiger partial charge in [0.2, 0.25) is 11.7 Å². The van der Waals surface area contributed by atoms with Gasteiger partial charge in [0.1, 0.15) is 11.2 Å². The number of amides is 2. The van der Waals surface area contributed by atoms with Crippen molar-refractivity contribution in [1.82, 2.24) is 9.88 Å². The molecule has 0 radical (unpaired) electrons. The lowest BCUT2D eigenvalue weighted by Gasteiger charge is -2.29. The molecule has 0 aliphatic heterocycles. The van der Waals surface area contributed by atoms with E-state index in [-0.39, 0.29) is 23.9 Å². The highest BCUT2D eigenvalue weighted by atomic mass is 16.6. The highest BCUT2D eigenvalue weighted by Gasteiger charge is 2.32. The molecule has 1 aromatic heterocycles. The van der Waals surface area contributed by atoms with Crippen molar-refractivity contribution < 1.29 is 28.7 Å². The van der Waals surface area contributed by atoms with Gasteiger partial charge in [-0.3, -0.25) is 10.1 Å². The lowest BCUT2D eigenvalue weighted by Crippen LogP contribution is -2.43. The van der Waals surface area contributed by atoms with Gasteiger partial charge in [0.25, 0.3) is 0 Å². The van der Waals surface area contributed by atoms with Gasteiger partial charge in [0.15, 0.2) is 0 Å². The summed E-state index contributed by atoms with van der Waals surface area (Å²) in [6.45, 7) is 12.0. The topological polar surface area (TPSA) is 133 Å². The normalized spacial score (nSPS) is 11.4. The number of aryl methyl sites for hydroxylation is 1. The maximum Gasteiger partial charge on any atom is 0.420 e. The number of rotatable bonds is 7. The SMILES string of the molecule is CCc1ccc(Nc2nc(OC)ccc2[N+](=O)[O-])cc1CN(C(=O)OC(C)(C)C)C(=O)OC(C)(C)C. The Hall–Kier alpha value is -3.89. The Morgan fingerprint density at radius 2 is 1.58 bits per heavy atom. The number of carbonyl (C=O) groups is 2. The van der Waals surface area contributed by atoms with Gasteiger partial charge in [-0.05, 0) is 71.2 Å². The Kier molecular flexibility index (Phi) is 8.84. The van der Waals surface area contributed by atoms with E-state index in [1.54, 1.807) is 53.7 Å². The minimum atomic E-state index is -0.845. The minimum Gasteiger partial charge on any atom is -0.481 e. The van der Waals surface area contributed by atoms with E-state index in [0.29, 0.717) is 17.7 Å². The maximum atomic E-state index is 12.9. The average Bonchev–Trinajstić information content (AvgIpc) is 2.74. The Morgan fingerprint density at radius 1 is 1.00 bits per heavy atom. The van der Waals surface area contributed by atoms with Crippen LogP contribution in [0.2, 0.25) is 0 Å². The molecule has 0 unspecified atom stereocenters. The minimum absolute atomic E-state index is 0.00862. The number of aromatic nitrogens is 1. The number of nitrogens with zero attached hydrogens (tertiary/aromatic N) is 3. The van der Waals surface area contributed by atoms with E-state index in [1.807, 2.05) is 13.0 Å². The largest absolute Gasteiger partial charge is 0.481 e. The maximum absolute atomic E-state index is 12.9. The third-order valence-electron chi connectivity index (χ3n) is 4.66. The number of pyridine rings is 1. The van der Waals surface area contributed by atoms with Gasteiger partial charge in [0, 0.05) is 17.8 Å². The first-order chi connectivity index (χ1) is 16.6. The molecule has 2 rings (SSSR count). The first kappa shape index (κ1) is 28.3. The molecule has 11 heteroatoms. The van der Waals surface area contributed by atoms with E-state index in [9.17, 15) is 19.7 Å². The number of nitrogens with one attached hydrogen (secondary N) is 1. The van der Waals surface area contributed by atoms with E-state index in [1.165, 1.54) is 19.2 Å². The lowest BCUT2D eigenvalue weighted by atomic mass is 10.0. The zero-order valence-electron chi connectivity index (χ0n) is 22.0. The zero-order valence-corrected chi connectivity index (χ0v) is 22.0. The number of carbonyl (C=O) groups excluding carboxylic acids is 2. The molecule has 0 bridgehead atoms. The predicted molar refractivity (Wildman–Crippen MR) is 135 cm³/mol. The van der Waals surface area contributed by atoms with E-state index in [4.69, 9.17) is 14.2 Å². The molecule has 0 aliphatic rings. The number of anilines is 2. The van der Waals surface area contributed by atoms with Crippen LogP contribution in [0, 0.1) is 10.1 Å². The average molecular weight is 503 g/mol. The molecule has 0 aliphatic carbocycles. The number of benzene rings is 1. The van der Waals surface area contributed by atoms with Crippen molar-refractivity contribution in [3.63, 3.8) is 0 Å². The van der Waals surface area contributed by atoms with Crippen molar-refractivity contribution in [2.24, 2.45) is 0 Å². The van der Waals surface area contributed by atoms with Crippen molar-refractivity contribution in [2.75, 3.05) is 12.4 Å². The van der Waals surface area contributed by atoms with Gasteiger partial charge in [-0.1, -0.05) is 13.0 Å². The summed E-state index contributed by atoms with van der Waals surface area (Å²) in [4.78, 5) is 41.9. The summed E-state index contributed by atoms with van der Waals surface area (Å²) >= 11 is 0. The van der Waals surface area contributed by atoms with Gasteiger partial charge >= 0.3 is 17.9 Å². The third kappa shape index (κ3) is 8.10.